The van der Waals surface area contributed by atoms with E-state index in [2.05, 4.69) is 26.2 Å². The monoisotopic (exact) mass is 340 g/mol. The molecule has 0 bridgehead atoms. The Hall–Kier alpha value is -0.780. The van der Waals surface area contributed by atoms with Gasteiger partial charge >= 0.3 is 0 Å². The zero-order valence-corrected chi connectivity index (χ0v) is 12.9. The Labute approximate surface area is 124 Å². The van der Waals surface area contributed by atoms with Crippen LogP contribution in [0, 0.1) is 12.7 Å². The maximum atomic E-state index is 13.7. The molecule has 1 atom stereocenters. The molecule has 1 N–H and O–H groups in total. The first-order valence-electron chi connectivity index (χ1n) is 6.26. The summed E-state index contributed by atoms with van der Waals surface area (Å²) in [7, 11) is 0. The summed E-state index contributed by atoms with van der Waals surface area (Å²) in [6.45, 7) is 1.98. The molecule has 1 aromatic heterocycles. The van der Waals surface area contributed by atoms with Crippen LogP contribution in [0.25, 0.3) is 0 Å². The van der Waals surface area contributed by atoms with Gasteiger partial charge in [-0.05, 0) is 53.4 Å². The quantitative estimate of drug-likeness (QED) is 0.902. The molecule has 0 aliphatic heterocycles. The first-order valence-corrected chi connectivity index (χ1v) is 7.94. The first kappa shape index (κ1) is 13.2. The Morgan fingerprint density at radius 1 is 1.47 bits per heavy atom. The Morgan fingerprint density at radius 2 is 2.26 bits per heavy atom. The standard InChI is InChI=1S/C14H14BrFN2S/c1-8-7-19-14(17-8)13(18-10-3-4-10)9-2-5-11(15)12(16)6-9/h2,5-7,10,13,18H,3-4H2,1H3. The van der Waals surface area contributed by atoms with Crippen molar-refractivity contribution >= 4 is 27.3 Å². The Balaban J connectivity index is 1.95. The fourth-order valence-corrected chi connectivity index (χ4v) is 3.12. The number of thiazole rings is 1. The fraction of sp³-hybridized carbons (Fsp3) is 0.357. The van der Waals surface area contributed by atoms with E-state index in [-0.39, 0.29) is 11.9 Å². The molecule has 100 valence electrons. The summed E-state index contributed by atoms with van der Waals surface area (Å²) >= 11 is 4.82. The van der Waals surface area contributed by atoms with Crippen LogP contribution in [0.15, 0.2) is 28.1 Å². The number of halogens is 2. The number of rotatable bonds is 4. The third kappa shape index (κ3) is 3.04. The van der Waals surface area contributed by atoms with E-state index in [0.717, 1.165) is 16.3 Å². The average molecular weight is 341 g/mol. The van der Waals surface area contributed by atoms with Crippen molar-refractivity contribution in [3.63, 3.8) is 0 Å². The number of hydrogen-bond acceptors (Lipinski definition) is 3. The SMILES string of the molecule is Cc1csc(C(NC2CC2)c2ccc(Br)c(F)c2)n1. The minimum atomic E-state index is -0.228. The Bertz CT molecular complexity index is 595. The molecule has 19 heavy (non-hydrogen) atoms. The van der Waals surface area contributed by atoms with E-state index in [0.29, 0.717) is 10.5 Å². The number of nitrogens with one attached hydrogen (secondary N) is 1. The van der Waals surface area contributed by atoms with Crippen LogP contribution in [0.5, 0.6) is 0 Å². The van der Waals surface area contributed by atoms with Crippen LogP contribution in [-0.4, -0.2) is 11.0 Å². The summed E-state index contributed by atoms with van der Waals surface area (Å²) in [5.41, 5.74) is 1.95. The molecule has 1 aliphatic carbocycles. The fourth-order valence-electron chi connectivity index (χ4n) is 1.99. The highest BCUT2D eigenvalue weighted by atomic mass is 79.9. The zero-order valence-electron chi connectivity index (χ0n) is 10.5. The lowest BCUT2D eigenvalue weighted by Crippen LogP contribution is -2.24. The van der Waals surface area contributed by atoms with Gasteiger partial charge in [-0.25, -0.2) is 9.37 Å². The van der Waals surface area contributed by atoms with E-state index in [4.69, 9.17) is 0 Å². The van der Waals surface area contributed by atoms with E-state index in [1.54, 1.807) is 23.5 Å². The van der Waals surface area contributed by atoms with Crippen molar-refractivity contribution < 1.29 is 4.39 Å². The third-order valence-corrected chi connectivity index (χ3v) is 4.81. The van der Waals surface area contributed by atoms with Gasteiger partial charge in [0.05, 0.1) is 10.5 Å². The molecule has 0 radical (unpaired) electrons. The van der Waals surface area contributed by atoms with Crippen LogP contribution in [0.2, 0.25) is 0 Å². The minimum Gasteiger partial charge on any atom is -0.301 e. The lowest BCUT2D eigenvalue weighted by molar-refractivity contribution is 0.581. The minimum absolute atomic E-state index is 0.00574. The molecule has 0 saturated heterocycles. The second-order valence-corrected chi connectivity index (χ2v) is 6.62. The third-order valence-electron chi connectivity index (χ3n) is 3.14. The van der Waals surface area contributed by atoms with Crippen LogP contribution >= 0.6 is 27.3 Å². The summed E-state index contributed by atoms with van der Waals surface area (Å²) in [6, 6.07) is 5.83. The smallest absolute Gasteiger partial charge is 0.137 e. The van der Waals surface area contributed by atoms with Crippen molar-refractivity contribution in [1.29, 1.82) is 0 Å². The molecule has 1 aliphatic rings. The van der Waals surface area contributed by atoms with Gasteiger partial charge in [0.2, 0.25) is 0 Å². The molecule has 1 fully saturated rings. The van der Waals surface area contributed by atoms with Gasteiger partial charge < -0.3 is 5.32 Å². The molecule has 1 aromatic carbocycles. The molecule has 0 amide bonds. The molecule has 1 saturated carbocycles. The van der Waals surface area contributed by atoms with Crippen LogP contribution in [0.1, 0.15) is 35.1 Å². The highest BCUT2D eigenvalue weighted by molar-refractivity contribution is 9.10. The summed E-state index contributed by atoms with van der Waals surface area (Å²) in [5, 5.41) is 6.59. The number of aryl methyl sites for hydroxylation is 1. The topological polar surface area (TPSA) is 24.9 Å². The Morgan fingerprint density at radius 3 is 2.84 bits per heavy atom. The van der Waals surface area contributed by atoms with Crippen molar-refractivity contribution in [3.8, 4) is 0 Å². The second kappa shape index (κ2) is 5.31. The van der Waals surface area contributed by atoms with Crippen molar-refractivity contribution in [2.75, 3.05) is 0 Å². The predicted molar refractivity (Wildman–Crippen MR) is 79.0 cm³/mol. The van der Waals surface area contributed by atoms with Gasteiger partial charge in [0.1, 0.15) is 10.8 Å². The normalized spacial score (nSPS) is 16.6. The largest absolute Gasteiger partial charge is 0.301 e. The van der Waals surface area contributed by atoms with Gasteiger partial charge in [0.15, 0.2) is 0 Å². The molecule has 1 heterocycles. The van der Waals surface area contributed by atoms with Crippen molar-refractivity contribution in [3.05, 3.63) is 50.1 Å². The average Bonchev–Trinajstić information content (AvgIpc) is 3.11. The van der Waals surface area contributed by atoms with Crippen molar-refractivity contribution in [2.45, 2.75) is 31.8 Å². The first-order chi connectivity index (χ1) is 9.13. The number of nitrogens with zero attached hydrogens (tertiary/aromatic N) is 1. The summed E-state index contributed by atoms with van der Waals surface area (Å²) in [4.78, 5) is 4.54. The van der Waals surface area contributed by atoms with E-state index in [1.807, 2.05) is 18.4 Å². The van der Waals surface area contributed by atoms with Gasteiger partial charge in [-0.15, -0.1) is 11.3 Å². The lowest BCUT2D eigenvalue weighted by Gasteiger charge is -2.17. The molecule has 2 aromatic rings. The second-order valence-electron chi connectivity index (χ2n) is 4.87. The van der Waals surface area contributed by atoms with Gasteiger partial charge in [-0.3, -0.25) is 0 Å². The summed E-state index contributed by atoms with van der Waals surface area (Å²) in [6.07, 6.45) is 2.39. The van der Waals surface area contributed by atoms with Gasteiger partial charge in [-0.1, -0.05) is 6.07 Å². The van der Waals surface area contributed by atoms with E-state index >= 15 is 0 Å². The maximum Gasteiger partial charge on any atom is 0.137 e. The van der Waals surface area contributed by atoms with E-state index in [9.17, 15) is 4.39 Å². The summed E-state index contributed by atoms with van der Waals surface area (Å²) in [5.74, 6) is -0.228. The molecule has 2 nitrogen and oxygen atoms in total. The molecule has 1 unspecified atom stereocenters. The highest BCUT2D eigenvalue weighted by Crippen LogP contribution is 2.31. The van der Waals surface area contributed by atoms with E-state index in [1.165, 1.54) is 12.8 Å². The summed E-state index contributed by atoms with van der Waals surface area (Å²) < 4.78 is 14.2. The van der Waals surface area contributed by atoms with E-state index < -0.39 is 0 Å². The Kier molecular flexibility index (Phi) is 3.69. The molecule has 5 heteroatoms. The molecular weight excluding hydrogens is 327 g/mol. The van der Waals surface area contributed by atoms with Gasteiger partial charge in [0.25, 0.3) is 0 Å². The van der Waals surface area contributed by atoms with Crippen LogP contribution in [-0.2, 0) is 0 Å². The van der Waals surface area contributed by atoms with Crippen molar-refractivity contribution in [2.24, 2.45) is 0 Å². The lowest BCUT2D eigenvalue weighted by atomic mass is 10.1. The molecule has 0 spiro atoms. The van der Waals surface area contributed by atoms with Crippen LogP contribution in [0.4, 0.5) is 4.39 Å². The van der Waals surface area contributed by atoms with Gasteiger partial charge in [0, 0.05) is 17.1 Å². The van der Waals surface area contributed by atoms with Gasteiger partial charge in [-0.2, -0.15) is 0 Å². The van der Waals surface area contributed by atoms with Crippen LogP contribution < -0.4 is 5.32 Å². The maximum absolute atomic E-state index is 13.7. The number of benzene rings is 1. The predicted octanol–water partition coefficient (Wildman–Crippen LogP) is 4.19. The molecular formula is C14H14BrFN2S. The van der Waals surface area contributed by atoms with Crippen LogP contribution in [0.3, 0.4) is 0 Å². The zero-order chi connectivity index (χ0) is 13.4. The van der Waals surface area contributed by atoms with Crippen molar-refractivity contribution in [1.82, 2.24) is 10.3 Å². The number of aromatic nitrogens is 1. The highest BCUT2D eigenvalue weighted by Gasteiger charge is 2.28. The number of hydrogen-bond donors (Lipinski definition) is 1. The molecule has 3 rings (SSSR count).